The summed E-state index contributed by atoms with van der Waals surface area (Å²) in [5, 5.41) is 7.00. The van der Waals surface area contributed by atoms with Crippen molar-refractivity contribution in [2.24, 2.45) is 10.9 Å². The lowest BCUT2D eigenvalue weighted by molar-refractivity contribution is 0.265. The van der Waals surface area contributed by atoms with Gasteiger partial charge in [-0.25, -0.2) is 0 Å². The third-order valence-electron chi connectivity index (χ3n) is 5.65. The SMILES string of the molecule is CN=C(NCc1ccc(Cn2ccccc2=O)cc1)NC1CN(C(C)C)CC1C. The number of aromatic nitrogens is 1. The van der Waals surface area contributed by atoms with E-state index in [9.17, 15) is 4.79 Å². The number of pyridine rings is 1. The minimum atomic E-state index is 0.0188. The van der Waals surface area contributed by atoms with Gasteiger partial charge in [0.25, 0.3) is 5.56 Å². The average Bonchev–Trinajstić information content (AvgIpc) is 3.08. The van der Waals surface area contributed by atoms with E-state index in [-0.39, 0.29) is 5.56 Å². The number of hydrogen-bond donors (Lipinski definition) is 2. The van der Waals surface area contributed by atoms with Crippen LogP contribution < -0.4 is 16.2 Å². The molecule has 0 radical (unpaired) electrons. The first-order valence-electron chi connectivity index (χ1n) is 10.4. The number of guanidine groups is 1. The molecule has 2 N–H and O–H groups in total. The van der Waals surface area contributed by atoms with Gasteiger partial charge in [-0.05, 0) is 37.0 Å². The van der Waals surface area contributed by atoms with Crippen molar-refractivity contribution in [2.75, 3.05) is 20.1 Å². The lowest BCUT2D eigenvalue weighted by Crippen LogP contribution is -2.46. The normalized spacial score (nSPS) is 20.2. The third kappa shape index (κ3) is 5.70. The van der Waals surface area contributed by atoms with Gasteiger partial charge in [0.05, 0.1) is 6.54 Å². The highest BCUT2D eigenvalue weighted by Crippen LogP contribution is 2.18. The Bertz CT molecular complexity index is 871. The van der Waals surface area contributed by atoms with Crippen molar-refractivity contribution >= 4 is 5.96 Å². The summed E-state index contributed by atoms with van der Waals surface area (Å²) in [5.41, 5.74) is 2.31. The Labute approximate surface area is 173 Å². The quantitative estimate of drug-likeness (QED) is 0.582. The summed E-state index contributed by atoms with van der Waals surface area (Å²) in [6.45, 7) is 10.3. The van der Waals surface area contributed by atoms with Crippen molar-refractivity contribution in [2.45, 2.75) is 45.9 Å². The van der Waals surface area contributed by atoms with E-state index in [2.05, 4.69) is 65.6 Å². The van der Waals surface area contributed by atoms with Crippen LogP contribution in [0.25, 0.3) is 0 Å². The van der Waals surface area contributed by atoms with Crippen LogP contribution in [0.4, 0.5) is 0 Å². The molecule has 156 valence electrons. The van der Waals surface area contributed by atoms with Crippen molar-refractivity contribution in [1.29, 1.82) is 0 Å². The van der Waals surface area contributed by atoms with Gasteiger partial charge in [-0.15, -0.1) is 0 Å². The predicted octanol–water partition coefficient (Wildman–Crippen LogP) is 2.29. The van der Waals surface area contributed by atoms with Crippen LogP contribution in [0.5, 0.6) is 0 Å². The van der Waals surface area contributed by atoms with Crippen LogP contribution in [0, 0.1) is 5.92 Å². The molecular formula is C23H33N5O. The van der Waals surface area contributed by atoms with E-state index >= 15 is 0 Å². The van der Waals surface area contributed by atoms with Crippen LogP contribution in [0.3, 0.4) is 0 Å². The van der Waals surface area contributed by atoms with Gasteiger partial charge in [0.2, 0.25) is 0 Å². The van der Waals surface area contributed by atoms with E-state index in [0.717, 1.165) is 24.6 Å². The second kappa shape index (κ2) is 9.74. The molecule has 0 saturated carbocycles. The smallest absolute Gasteiger partial charge is 0.250 e. The molecule has 1 fully saturated rings. The Kier molecular flexibility index (Phi) is 7.09. The fraction of sp³-hybridized carbons (Fsp3) is 0.478. The van der Waals surface area contributed by atoms with Crippen molar-refractivity contribution < 1.29 is 0 Å². The van der Waals surface area contributed by atoms with E-state index in [1.54, 1.807) is 16.7 Å². The first kappa shape index (κ1) is 21.1. The van der Waals surface area contributed by atoms with Gasteiger partial charge >= 0.3 is 0 Å². The molecule has 0 aliphatic carbocycles. The Morgan fingerprint density at radius 2 is 1.86 bits per heavy atom. The number of likely N-dealkylation sites (tertiary alicyclic amines) is 1. The molecule has 2 heterocycles. The summed E-state index contributed by atoms with van der Waals surface area (Å²) in [7, 11) is 1.82. The van der Waals surface area contributed by atoms with Crippen LogP contribution in [0.1, 0.15) is 31.9 Å². The Balaban J connectivity index is 1.52. The maximum absolute atomic E-state index is 11.9. The van der Waals surface area contributed by atoms with Crippen molar-refractivity contribution in [3.63, 3.8) is 0 Å². The number of aliphatic imine (C=N–C) groups is 1. The number of hydrogen-bond acceptors (Lipinski definition) is 3. The summed E-state index contributed by atoms with van der Waals surface area (Å²) in [4.78, 5) is 18.8. The molecular weight excluding hydrogens is 362 g/mol. The van der Waals surface area contributed by atoms with Crippen molar-refractivity contribution in [1.82, 2.24) is 20.1 Å². The molecule has 1 aromatic carbocycles. The maximum Gasteiger partial charge on any atom is 0.250 e. The average molecular weight is 396 g/mol. The van der Waals surface area contributed by atoms with Crippen LogP contribution >= 0.6 is 0 Å². The minimum absolute atomic E-state index is 0.0188. The molecule has 6 nitrogen and oxygen atoms in total. The van der Waals surface area contributed by atoms with Gasteiger partial charge < -0.3 is 15.2 Å². The first-order chi connectivity index (χ1) is 14.0. The maximum atomic E-state index is 11.9. The van der Waals surface area contributed by atoms with Gasteiger partial charge in [-0.1, -0.05) is 37.3 Å². The summed E-state index contributed by atoms with van der Waals surface area (Å²) in [6, 6.07) is 14.6. The zero-order chi connectivity index (χ0) is 20.8. The molecule has 2 aromatic rings. The zero-order valence-electron chi connectivity index (χ0n) is 17.9. The molecule has 2 unspecified atom stereocenters. The number of rotatable bonds is 6. The van der Waals surface area contributed by atoms with E-state index < -0.39 is 0 Å². The minimum Gasteiger partial charge on any atom is -0.352 e. The van der Waals surface area contributed by atoms with Crippen LogP contribution in [-0.4, -0.2) is 47.6 Å². The summed E-state index contributed by atoms with van der Waals surface area (Å²) < 4.78 is 1.71. The van der Waals surface area contributed by atoms with Crippen LogP contribution in [-0.2, 0) is 13.1 Å². The van der Waals surface area contributed by atoms with Gasteiger partial charge in [-0.2, -0.15) is 0 Å². The van der Waals surface area contributed by atoms with E-state index in [0.29, 0.717) is 31.1 Å². The number of nitrogens with one attached hydrogen (secondary N) is 2. The third-order valence-corrected chi connectivity index (χ3v) is 5.65. The molecule has 3 rings (SSSR count). The highest BCUT2D eigenvalue weighted by molar-refractivity contribution is 5.80. The molecule has 29 heavy (non-hydrogen) atoms. The van der Waals surface area contributed by atoms with E-state index in [1.165, 1.54) is 5.56 Å². The zero-order valence-corrected chi connectivity index (χ0v) is 17.9. The van der Waals surface area contributed by atoms with E-state index in [4.69, 9.17) is 0 Å². The van der Waals surface area contributed by atoms with Gasteiger partial charge in [0.15, 0.2) is 5.96 Å². The molecule has 0 spiro atoms. The fourth-order valence-electron chi connectivity index (χ4n) is 3.72. The second-order valence-corrected chi connectivity index (χ2v) is 8.18. The van der Waals surface area contributed by atoms with Crippen molar-refractivity contribution in [3.8, 4) is 0 Å². The molecule has 0 amide bonds. The summed E-state index contributed by atoms with van der Waals surface area (Å²) in [5.74, 6) is 1.43. The molecule has 0 bridgehead atoms. The molecule has 6 heteroatoms. The largest absolute Gasteiger partial charge is 0.352 e. The lowest BCUT2D eigenvalue weighted by Gasteiger charge is -2.22. The first-order valence-corrected chi connectivity index (χ1v) is 10.4. The molecule has 1 aliphatic heterocycles. The second-order valence-electron chi connectivity index (χ2n) is 8.18. The van der Waals surface area contributed by atoms with Gasteiger partial charge in [0.1, 0.15) is 0 Å². The fourth-order valence-corrected chi connectivity index (χ4v) is 3.72. The highest BCUT2D eigenvalue weighted by Gasteiger charge is 2.31. The van der Waals surface area contributed by atoms with Gasteiger partial charge in [-0.3, -0.25) is 14.7 Å². The predicted molar refractivity (Wildman–Crippen MR) is 119 cm³/mol. The van der Waals surface area contributed by atoms with E-state index in [1.807, 2.05) is 19.3 Å². The molecule has 1 aromatic heterocycles. The lowest BCUT2D eigenvalue weighted by atomic mass is 10.1. The van der Waals surface area contributed by atoms with Crippen LogP contribution in [0.2, 0.25) is 0 Å². The van der Waals surface area contributed by atoms with Gasteiger partial charge in [0, 0.05) is 51.0 Å². The van der Waals surface area contributed by atoms with Crippen molar-refractivity contribution in [3.05, 3.63) is 70.1 Å². The molecule has 1 saturated heterocycles. The molecule has 2 atom stereocenters. The van der Waals surface area contributed by atoms with Crippen LogP contribution in [0.15, 0.2) is 58.4 Å². The Hall–Kier alpha value is -2.60. The summed E-state index contributed by atoms with van der Waals surface area (Å²) >= 11 is 0. The Morgan fingerprint density at radius 3 is 2.48 bits per heavy atom. The number of benzene rings is 1. The monoisotopic (exact) mass is 395 g/mol. The molecule has 1 aliphatic rings. The standard InChI is InChI=1S/C23H33N5O/c1-17(2)28-14-18(3)21(16-28)26-23(24-4)25-13-19-8-10-20(11-9-19)15-27-12-6-5-7-22(27)29/h5-12,17-18,21H,13-16H2,1-4H3,(H2,24,25,26). The number of nitrogens with zero attached hydrogens (tertiary/aromatic N) is 3. The topological polar surface area (TPSA) is 61.7 Å². The Morgan fingerprint density at radius 1 is 1.14 bits per heavy atom. The highest BCUT2D eigenvalue weighted by atomic mass is 16.1. The summed E-state index contributed by atoms with van der Waals surface area (Å²) in [6.07, 6.45) is 1.82.